The summed E-state index contributed by atoms with van der Waals surface area (Å²) in [6.45, 7) is 6.91. The zero-order chi connectivity index (χ0) is 11.1. The average molecular weight is 208 g/mol. The smallest absolute Gasteiger partial charge is 0.0317 e. The van der Waals surface area contributed by atoms with E-state index in [1.54, 1.807) is 5.57 Å². The van der Waals surface area contributed by atoms with Crippen molar-refractivity contribution in [2.45, 2.75) is 72.1 Å². The largest absolute Gasteiger partial charge is 0.0853 e. The van der Waals surface area contributed by atoms with Gasteiger partial charge in [0.15, 0.2) is 0 Å². The molecule has 0 aromatic rings. The SMILES string of the molecule is C1CCCC1.CC1=CCC(C(C)C)CC1. The molecule has 0 heterocycles. The van der Waals surface area contributed by atoms with Gasteiger partial charge in [0, 0.05) is 0 Å². The van der Waals surface area contributed by atoms with Gasteiger partial charge in [-0.15, -0.1) is 0 Å². The fraction of sp³-hybridized carbons (Fsp3) is 0.867. The van der Waals surface area contributed by atoms with Crippen LogP contribution in [-0.4, -0.2) is 0 Å². The van der Waals surface area contributed by atoms with Crippen LogP contribution in [0.4, 0.5) is 0 Å². The van der Waals surface area contributed by atoms with Gasteiger partial charge in [0.05, 0.1) is 0 Å². The molecule has 2 aliphatic rings. The molecule has 88 valence electrons. The van der Waals surface area contributed by atoms with Crippen LogP contribution in [0.15, 0.2) is 11.6 Å². The lowest BCUT2D eigenvalue weighted by Gasteiger charge is -2.23. The lowest BCUT2D eigenvalue weighted by molar-refractivity contribution is 0.350. The van der Waals surface area contributed by atoms with E-state index in [1.165, 1.54) is 51.4 Å². The Kier molecular flexibility index (Phi) is 6.05. The first-order valence-corrected chi connectivity index (χ1v) is 6.86. The molecular formula is C15H28. The number of allylic oxidation sites excluding steroid dienone is 2. The Hall–Kier alpha value is -0.260. The van der Waals surface area contributed by atoms with E-state index in [0.29, 0.717) is 0 Å². The predicted molar refractivity (Wildman–Crippen MR) is 69.0 cm³/mol. The summed E-state index contributed by atoms with van der Waals surface area (Å²) in [5.41, 5.74) is 1.59. The highest BCUT2D eigenvalue weighted by molar-refractivity contribution is 5.03. The maximum atomic E-state index is 2.41. The first-order chi connectivity index (χ1) is 7.20. The highest BCUT2D eigenvalue weighted by Gasteiger charge is 2.14. The second kappa shape index (κ2) is 7.09. The third-order valence-electron chi connectivity index (χ3n) is 3.87. The molecule has 0 heteroatoms. The van der Waals surface area contributed by atoms with Crippen LogP contribution in [0.3, 0.4) is 0 Å². The molecule has 2 aliphatic carbocycles. The minimum absolute atomic E-state index is 0.879. The van der Waals surface area contributed by atoms with E-state index in [0.717, 1.165) is 11.8 Å². The molecule has 1 fully saturated rings. The summed E-state index contributed by atoms with van der Waals surface area (Å²) in [7, 11) is 0. The first kappa shape index (κ1) is 12.8. The van der Waals surface area contributed by atoms with Crippen LogP contribution in [0.1, 0.15) is 72.1 Å². The quantitative estimate of drug-likeness (QED) is 0.510. The summed E-state index contributed by atoms with van der Waals surface area (Å²) >= 11 is 0. The predicted octanol–water partition coefficient (Wildman–Crippen LogP) is 5.34. The Balaban J connectivity index is 0.000000187. The molecule has 0 saturated heterocycles. The Morgan fingerprint density at radius 2 is 1.60 bits per heavy atom. The second-order valence-corrected chi connectivity index (χ2v) is 5.60. The highest BCUT2D eigenvalue weighted by atomic mass is 14.2. The van der Waals surface area contributed by atoms with Gasteiger partial charge in [0.2, 0.25) is 0 Å². The van der Waals surface area contributed by atoms with Gasteiger partial charge in [0.1, 0.15) is 0 Å². The summed E-state index contributed by atoms with van der Waals surface area (Å²) in [6, 6.07) is 0. The van der Waals surface area contributed by atoms with Crippen molar-refractivity contribution >= 4 is 0 Å². The number of hydrogen-bond donors (Lipinski definition) is 0. The molecule has 0 bridgehead atoms. The zero-order valence-electron chi connectivity index (χ0n) is 10.9. The maximum absolute atomic E-state index is 2.41. The van der Waals surface area contributed by atoms with Crippen molar-refractivity contribution in [2.24, 2.45) is 11.8 Å². The lowest BCUT2D eigenvalue weighted by atomic mass is 9.83. The molecule has 1 atom stereocenters. The van der Waals surface area contributed by atoms with Crippen molar-refractivity contribution in [3.8, 4) is 0 Å². The average Bonchev–Trinajstić information content (AvgIpc) is 2.76. The Bertz CT molecular complexity index is 177. The summed E-state index contributed by atoms with van der Waals surface area (Å²) in [4.78, 5) is 0. The van der Waals surface area contributed by atoms with E-state index in [2.05, 4.69) is 26.8 Å². The standard InChI is InChI=1S/C10H18.C5H10/c1-8(2)10-6-4-9(3)5-7-10;1-2-4-5-3-1/h4,8,10H,5-7H2,1-3H3;1-5H2. The van der Waals surface area contributed by atoms with Gasteiger partial charge >= 0.3 is 0 Å². The molecule has 1 saturated carbocycles. The van der Waals surface area contributed by atoms with Gasteiger partial charge in [-0.1, -0.05) is 57.6 Å². The molecule has 0 radical (unpaired) electrons. The van der Waals surface area contributed by atoms with E-state index in [1.807, 2.05) is 0 Å². The van der Waals surface area contributed by atoms with E-state index in [4.69, 9.17) is 0 Å². The molecule has 0 nitrogen and oxygen atoms in total. The van der Waals surface area contributed by atoms with Crippen LogP contribution in [0.2, 0.25) is 0 Å². The number of hydrogen-bond acceptors (Lipinski definition) is 0. The maximum Gasteiger partial charge on any atom is -0.0317 e. The van der Waals surface area contributed by atoms with E-state index < -0.39 is 0 Å². The minimum atomic E-state index is 0.879. The number of rotatable bonds is 1. The van der Waals surface area contributed by atoms with E-state index in [-0.39, 0.29) is 0 Å². The molecule has 0 aromatic heterocycles. The van der Waals surface area contributed by atoms with Crippen LogP contribution in [0.25, 0.3) is 0 Å². The minimum Gasteiger partial charge on any atom is -0.0853 e. The summed E-state index contributed by atoms with van der Waals surface area (Å²) in [5, 5.41) is 0. The van der Waals surface area contributed by atoms with Gasteiger partial charge in [-0.3, -0.25) is 0 Å². The van der Waals surface area contributed by atoms with E-state index >= 15 is 0 Å². The monoisotopic (exact) mass is 208 g/mol. The molecule has 0 aromatic carbocycles. The van der Waals surface area contributed by atoms with Crippen molar-refractivity contribution in [1.82, 2.24) is 0 Å². The highest BCUT2D eigenvalue weighted by Crippen LogP contribution is 2.28. The summed E-state index contributed by atoms with van der Waals surface area (Å²) in [6.07, 6.45) is 14.0. The van der Waals surface area contributed by atoms with Crippen LogP contribution in [0.5, 0.6) is 0 Å². The normalized spacial score (nSPS) is 25.9. The van der Waals surface area contributed by atoms with Crippen molar-refractivity contribution in [2.75, 3.05) is 0 Å². The molecule has 0 aliphatic heterocycles. The Morgan fingerprint density at radius 1 is 1.07 bits per heavy atom. The summed E-state index contributed by atoms with van der Waals surface area (Å²) in [5.74, 6) is 1.84. The van der Waals surface area contributed by atoms with Crippen molar-refractivity contribution in [3.05, 3.63) is 11.6 Å². The third-order valence-corrected chi connectivity index (χ3v) is 3.87. The first-order valence-electron chi connectivity index (χ1n) is 6.86. The molecule has 2 rings (SSSR count). The molecule has 0 spiro atoms. The van der Waals surface area contributed by atoms with Crippen molar-refractivity contribution in [1.29, 1.82) is 0 Å². The summed E-state index contributed by atoms with van der Waals surface area (Å²) < 4.78 is 0. The lowest BCUT2D eigenvalue weighted by Crippen LogP contribution is -2.10. The van der Waals surface area contributed by atoms with Gasteiger partial charge in [-0.2, -0.15) is 0 Å². The Morgan fingerprint density at radius 3 is 1.93 bits per heavy atom. The van der Waals surface area contributed by atoms with Crippen LogP contribution < -0.4 is 0 Å². The van der Waals surface area contributed by atoms with Crippen LogP contribution in [-0.2, 0) is 0 Å². The zero-order valence-corrected chi connectivity index (χ0v) is 10.9. The molecular weight excluding hydrogens is 180 g/mol. The third kappa shape index (κ3) is 5.39. The molecule has 1 unspecified atom stereocenters. The van der Waals surface area contributed by atoms with Gasteiger partial charge in [0.25, 0.3) is 0 Å². The second-order valence-electron chi connectivity index (χ2n) is 5.60. The van der Waals surface area contributed by atoms with Gasteiger partial charge in [-0.25, -0.2) is 0 Å². The fourth-order valence-electron chi connectivity index (χ4n) is 2.47. The van der Waals surface area contributed by atoms with Gasteiger partial charge < -0.3 is 0 Å². The van der Waals surface area contributed by atoms with Gasteiger partial charge in [-0.05, 0) is 38.0 Å². The molecule has 0 amide bonds. The van der Waals surface area contributed by atoms with Crippen LogP contribution >= 0.6 is 0 Å². The van der Waals surface area contributed by atoms with Crippen molar-refractivity contribution in [3.63, 3.8) is 0 Å². The topological polar surface area (TPSA) is 0 Å². The van der Waals surface area contributed by atoms with Crippen molar-refractivity contribution < 1.29 is 0 Å². The van der Waals surface area contributed by atoms with Crippen LogP contribution in [0, 0.1) is 11.8 Å². The Labute approximate surface area is 96.2 Å². The molecule has 15 heavy (non-hydrogen) atoms. The molecule has 0 N–H and O–H groups in total. The van der Waals surface area contributed by atoms with E-state index in [9.17, 15) is 0 Å². The fourth-order valence-corrected chi connectivity index (χ4v) is 2.47.